The SMILES string of the molecule is COC(=O)C(C)NC(c1ccccc1)c1ccccc1. The molecule has 1 N–H and O–H groups in total. The highest BCUT2D eigenvalue weighted by Crippen LogP contribution is 2.22. The fraction of sp³-hybridized carbons (Fsp3) is 0.235. The maximum atomic E-state index is 11.6. The number of carbonyl (C=O) groups is 1. The zero-order valence-electron chi connectivity index (χ0n) is 11.7. The molecule has 3 nitrogen and oxygen atoms in total. The third kappa shape index (κ3) is 3.45. The van der Waals surface area contributed by atoms with Crippen LogP contribution >= 0.6 is 0 Å². The highest BCUT2D eigenvalue weighted by atomic mass is 16.5. The van der Waals surface area contributed by atoms with Crippen molar-refractivity contribution in [2.24, 2.45) is 0 Å². The lowest BCUT2D eigenvalue weighted by Gasteiger charge is -2.23. The molecule has 0 bridgehead atoms. The second-order valence-electron chi connectivity index (χ2n) is 4.67. The summed E-state index contributed by atoms with van der Waals surface area (Å²) in [5.74, 6) is -0.262. The average Bonchev–Trinajstić information content (AvgIpc) is 2.53. The highest BCUT2D eigenvalue weighted by molar-refractivity contribution is 5.75. The summed E-state index contributed by atoms with van der Waals surface area (Å²) in [5.41, 5.74) is 2.24. The second-order valence-corrected chi connectivity index (χ2v) is 4.67. The lowest BCUT2D eigenvalue weighted by molar-refractivity contribution is -0.142. The van der Waals surface area contributed by atoms with Crippen molar-refractivity contribution >= 4 is 5.97 Å². The van der Waals surface area contributed by atoms with Gasteiger partial charge in [-0.1, -0.05) is 60.7 Å². The van der Waals surface area contributed by atoms with Crippen molar-refractivity contribution in [3.8, 4) is 0 Å². The number of rotatable bonds is 5. The fourth-order valence-electron chi connectivity index (χ4n) is 2.17. The predicted molar refractivity (Wildman–Crippen MR) is 79.3 cm³/mol. The molecule has 0 aromatic heterocycles. The van der Waals surface area contributed by atoms with E-state index in [9.17, 15) is 4.79 Å². The summed E-state index contributed by atoms with van der Waals surface area (Å²) in [4.78, 5) is 11.6. The van der Waals surface area contributed by atoms with Crippen molar-refractivity contribution in [2.75, 3.05) is 7.11 Å². The molecule has 2 aromatic rings. The first kappa shape index (κ1) is 14.3. The first-order valence-corrected chi connectivity index (χ1v) is 6.66. The summed E-state index contributed by atoms with van der Waals surface area (Å²) in [6.07, 6.45) is 0. The molecule has 0 heterocycles. The minimum Gasteiger partial charge on any atom is -0.468 e. The molecule has 0 fully saturated rings. The van der Waals surface area contributed by atoms with Gasteiger partial charge in [-0.05, 0) is 18.1 Å². The first-order chi connectivity index (χ1) is 9.72. The number of methoxy groups -OCH3 is 1. The number of hydrogen-bond donors (Lipinski definition) is 1. The van der Waals surface area contributed by atoms with Crippen molar-refractivity contribution in [1.29, 1.82) is 0 Å². The molecule has 3 heteroatoms. The maximum Gasteiger partial charge on any atom is 0.322 e. The van der Waals surface area contributed by atoms with Crippen molar-refractivity contribution in [1.82, 2.24) is 5.32 Å². The molecule has 1 atom stereocenters. The van der Waals surface area contributed by atoms with E-state index in [1.807, 2.05) is 43.3 Å². The van der Waals surface area contributed by atoms with Crippen molar-refractivity contribution in [3.63, 3.8) is 0 Å². The Balaban J connectivity index is 2.28. The topological polar surface area (TPSA) is 38.3 Å². The van der Waals surface area contributed by atoms with Gasteiger partial charge in [0.15, 0.2) is 0 Å². The van der Waals surface area contributed by atoms with E-state index in [1.165, 1.54) is 7.11 Å². The lowest BCUT2D eigenvalue weighted by atomic mass is 9.98. The van der Waals surface area contributed by atoms with Crippen LogP contribution < -0.4 is 5.32 Å². The molecule has 0 radical (unpaired) electrons. The van der Waals surface area contributed by atoms with Crippen LogP contribution in [0.3, 0.4) is 0 Å². The predicted octanol–water partition coefficient (Wildman–Crippen LogP) is 2.93. The van der Waals surface area contributed by atoms with E-state index in [2.05, 4.69) is 29.6 Å². The molecule has 20 heavy (non-hydrogen) atoms. The van der Waals surface area contributed by atoms with Crippen LogP contribution in [0.2, 0.25) is 0 Å². The molecule has 0 spiro atoms. The molecule has 0 aliphatic heterocycles. The number of esters is 1. The number of ether oxygens (including phenoxy) is 1. The molecule has 0 aliphatic carbocycles. The normalized spacial score (nSPS) is 12.2. The summed E-state index contributed by atoms with van der Waals surface area (Å²) >= 11 is 0. The highest BCUT2D eigenvalue weighted by Gasteiger charge is 2.20. The second kappa shape index (κ2) is 6.87. The van der Waals surface area contributed by atoms with E-state index < -0.39 is 0 Å². The van der Waals surface area contributed by atoms with Gasteiger partial charge in [0.05, 0.1) is 13.2 Å². The van der Waals surface area contributed by atoms with Gasteiger partial charge >= 0.3 is 5.97 Å². The first-order valence-electron chi connectivity index (χ1n) is 6.66. The van der Waals surface area contributed by atoms with E-state index in [4.69, 9.17) is 4.74 Å². The summed E-state index contributed by atoms with van der Waals surface area (Å²) < 4.78 is 4.78. The smallest absolute Gasteiger partial charge is 0.322 e. The Kier molecular flexibility index (Phi) is 4.91. The summed E-state index contributed by atoms with van der Waals surface area (Å²) in [5, 5.41) is 3.33. The Hall–Kier alpha value is -2.13. The van der Waals surface area contributed by atoms with Gasteiger partial charge in [0, 0.05) is 0 Å². The third-order valence-corrected chi connectivity index (χ3v) is 3.24. The van der Waals surface area contributed by atoms with Gasteiger partial charge in [0.25, 0.3) is 0 Å². The minimum absolute atomic E-state index is 0.0356. The average molecular weight is 269 g/mol. The van der Waals surface area contributed by atoms with E-state index in [0.29, 0.717) is 0 Å². The van der Waals surface area contributed by atoms with E-state index in [-0.39, 0.29) is 18.1 Å². The molecule has 0 saturated heterocycles. The van der Waals surface area contributed by atoms with Crippen LogP contribution in [0.4, 0.5) is 0 Å². The Bertz CT molecular complexity index is 500. The fourth-order valence-corrected chi connectivity index (χ4v) is 2.17. The monoisotopic (exact) mass is 269 g/mol. The van der Waals surface area contributed by atoms with Gasteiger partial charge in [0.2, 0.25) is 0 Å². The van der Waals surface area contributed by atoms with E-state index in [1.54, 1.807) is 0 Å². The van der Waals surface area contributed by atoms with Crippen LogP contribution in [-0.4, -0.2) is 19.1 Å². The van der Waals surface area contributed by atoms with Gasteiger partial charge < -0.3 is 4.74 Å². The molecule has 2 aromatic carbocycles. The zero-order chi connectivity index (χ0) is 14.4. The number of nitrogens with one attached hydrogen (secondary N) is 1. The Morgan fingerprint density at radius 1 is 0.950 bits per heavy atom. The summed E-state index contributed by atoms with van der Waals surface area (Å²) in [7, 11) is 1.40. The quantitative estimate of drug-likeness (QED) is 0.848. The molecule has 1 unspecified atom stereocenters. The van der Waals surface area contributed by atoms with E-state index in [0.717, 1.165) is 11.1 Å². The van der Waals surface area contributed by atoms with Gasteiger partial charge in [-0.25, -0.2) is 0 Å². The van der Waals surface area contributed by atoms with Crippen LogP contribution in [0.15, 0.2) is 60.7 Å². The molecule has 2 rings (SSSR count). The van der Waals surface area contributed by atoms with Crippen molar-refractivity contribution in [3.05, 3.63) is 71.8 Å². The Labute approximate surface area is 119 Å². The van der Waals surface area contributed by atoms with E-state index >= 15 is 0 Å². The largest absolute Gasteiger partial charge is 0.468 e. The number of benzene rings is 2. The maximum absolute atomic E-state index is 11.6. The van der Waals surface area contributed by atoms with Gasteiger partial charge in [-0.15, -0.1) is 0 Å². The molecule has 104 valence electrons. The molecule has 0 saturated carbocycles. The van der Waals surface area contributed by atoms with Gasteiger partial charge in [-0.2, -0.15) is 0 Å². The lowest BCUT2D eigenvalue weighted by Crippen LogP contribution is -2.38. The number of hydrogen-bond acceptors (Lipinski definition) is 3. The van der Waals surface area contributed by atoms with Crippen molar-refractivity contribution < 1.29 is 9.53 Å². The van der Waals surface area contributed by atoms with Gasteiger partial charge in [0.1, 0.15) is 6.04 Å². The minimum atomic E-state index is -0.370. The summed E-state index contributed by atoms with van der Waals surface area (Å²) in [6, 6.07) is 19.7. The third-order valence-electron chi connectivity index (χ3n) is 3.24. The Morgan fingerprint density at radius 3 is 1.80 bits per heavy atom. The number of carbonyl (C=O) groups excluding carboxylic acids is 1. The molecule has 0 amide bonds. The van der Waals surface area contributed by atoms with Crippen LogP contribution in [-0.2, 0) is 9.53 Å². The van der Waals surface area contributed by atoms with Crippen molar-refractivity contribution in [2.45, 2.75) is 19.0 Å². The van der Waals surface area contributed by atoms with Crippen LogP contribution in [0.1, 0.15) is 24.1 Å². The molecular formula is C17H19NO2. The summed E-state index contributed by atoms with van der Waals surface area (Å²) in [6.45, 7) is 1.81. The molecular weight excluding hydrogens is 250 g/mol. The van der Waals surface area contributed by atoms with Gasteiger partial charge in [-0.3, -0.25) is 10.1 Å². The molecule has 0 aliphatic rings. The standard InChI is InChI=1S/C17H19NO2/c1-13(17(19)20-2)18-16(14-9-5-3-6-10-14)15-11-7-4-8-12-15/h3-13,16,18H,1-2H3. The van der Waals surface area contributed by atoms with Crippen LogP contribution in [0, 0.1) is 0 Å². The van der Waals surface area contributed by atoms with Crippen LogP contribution in [0.5, 0.6) is 0 Å². The zero-order valence-corrected chi connectivity index (χ0v) is 11.7. The van der Waals surface area contributed by atoms with Crippen LogP contribution in [0.25, 0.3) is 0 Å². The Morgan fingerprint density at radius 2 is 1.40 bits per heavy atom.